The Bertz CT molecular complexity index is 1240. The Morgan fingerprint density at radius 1 is 1.21 bits per heavy atom. The van der Waals surface area contributed by atoms with E-state index in [2.05, 4.69) is 11.5 Å². The summed E-state index contributed by atoms with van der Waals surface area (Å²) in [5.74, 6) is -0.260. The molecule has 4 rings (SSSR count). The van der Waals surface area contributed by atoms with E-state index in [4.69, 9.17) is 10.5 Å². The maximum Gasteiger partial charge on any atom is 0.235 e. The normalized spacial score (nSPS) is 19.4. The fourth-order valence-electron chi connectivity index (χ4n) is 4.65. The van der Waals surface area contributed by atoms with Gasteiger partial charge in [0, 0.05) is 18.9 Å². The topological polar surface area (TPSA) is 108 Å². The summed E-state index contributed by atoms with van der Waals surface area (Å²) >= 11 is 0. The number of nitriles is 1. The average Bonchev–Trinajstić information content (AvgIpc) is 2.79. The number of hydrazine groups is 1. The van der Waals surface area contributed by atoms with Crippen LogP contribution >= 0.6 is 0 Å². The van der Waals surface area contributed by atoms with Crippen molar-refractivity contribution < 1.29 is 14.3 Å². The van der Waals surface area contributed by atoms with Gasteiger partial charge < -0.3 is 10.5 Å². The number of ketones is 1. The summed E-state index contributed by atoms with van der Waals surface area (Å²) in [7, 11) is 0. The number of benzene rings is 2. The lowest BCUT2D eigenvalue weighted by Gasteiger charge is -2.43. The summed E-state index contributed by atoms with van der Waals surface area (Å²) in [6.07, 6.45) is 0.882. The minimum atomic E-state index is -0.631. The van der Waals surface area contributed by atoms with Crippen LogP contribution in [-0.4, -0.2) is 16.7 Å². The van der Waals surface area contributed by atoms with Crippen molar-refractivity contribution in [2.75, 3.05) is 0 Å². The molecule has 1 heterocycles. The maximum absolute atomic E-state index is 13.4. The second-order valence-corrected chi connectivity index (χ2v) is 9.50. The molecule has 3 N–H and O–H groups in total. The lowest BCUT2D eigenvalue weighted by molar-refractivity contribution is -0.123. The van der Waals surface area contributed by atoms with Crippen molar-refractivity contribution >= 4 is 11.7 Å². The number of amides is 1. The molecule has 0 bridgehead atoms. The number of allylic oxidation sites excluding steroid dienone is 3. The number of hydrogen-bond donors (Lipinski definition) is 2. The Balaban J connectivity index is 1.77. The number of nitrogens with two attached hydrogens (primary N) is 1. The highest BCUT2D eigenvalue weighted by molar-refractivity contribution is 6.00. The van der Waals surface area contributed by atoms with Crippen LogP contribution in [0.4, 0.5) is 0 Å². The third kappa shape index (κ3) is 4.53. The molecule has 0 saturated heterocycles. The van der Waals surface area contributed by atoms with E-state index in [0.717, 1.165) is 11.1 Å². The molecular weight excluding hydrogens is 428 g/mol. The van der Waals surface area contributed by atoms with Crippen molar-refractivity contribution in [3.63, 3.8) is 0 Å². The van der Waals surface area contributed by atoms with Gasteiger partial charge in [0.05, 0.1) is 23.3 Å². The number of rotatable bonds is 5. The molecule has 1 aliphatic heterocycles. The first kappa shape index (κ1) is 23.1. The van der Waals surface area contributed by atoms with Crippen LogP contribution < -0.4 is 15.9 Å². The van der Waals surface area contributed by atoms with Crippen molar-refractivity contribution in [1.29, 1.82) is 5.26 Å². The molecular formula is C27H28N4O3. The zero-order chi connectivity index (χ0) is 24.5. The Labute approximate surface area is 199 Å². The van der Waals surface area contributed by atoms with Crippen LogP contribution in [0.25, 0.3) is 0 Å². The summed E-state index contributed by atoms with van der Waals surface area (Å²) < 4.78 is 5.99. The van der Waals surface area contributed by atoms with Gasteiger partial charge in [0.1, 0.15) is 18.2 Å². The molecule has 2 aliphatic rings. The fraction of sp³-hybridized carbons (Fsp3) is 0.296. The smallest absolute Gasteiger partial charge is 0.235 e. The fourth-order valence-corrected chi connectivity index (χ4v) is 4.65. The van der Waals surface area contributed by atoms with Gasteiger partial charge in [-0.3, -0.25) is 15.0 Å². The zero-order valence-electron chi connectivity index (χ0n) is 19.6. The van der Waals surface area contributed by atoms with Crippen molar-refractivity contribution in [3.05, 3.63) is 88.4 Å². The maximum atomic E-state index is 13.4. The monoisotopic (exact) mass is 456 g/mol. The number of nitrogens with one attached hydrogen (secondary N) is 1. The van der Waals surface area contributed by atoms with Crippen molar-refractivity contribution in [2.45, 2.75) is 46.1 Å². The lowest BCUT2D eigenvalue weighted by atomic mass is 9.69. The predicted octanol–water partition coefficient (Wildman–Crippen LogP) is 4.05. The second kappa shape index (κ2) is 9.06. The Morgan fingerprint density at radius 2 is 1.94 bits per heavy atom. The summed E-state index contributed by atoms with van der Waals surface area (Å²) in [5, 5.41) is 11.5. The van der Waals surface area contributed by atoms with E-state index in [1.165, 1.54) is 11.9 Å². The van der Waals surface area contributed by atoms with Crippen LogP contribution in [0.5, 0.6) is 5.75 Å². The quantitative estimate of drug-likeness (QED) is 0.703. The number of Topliss-reactive ketones (excluding diaryl/α,β-unsaturated/α-hetero) is 1. The molecule has 0 saturated carbocycles. The van der Waals surface area contributed by atoms with Crippen LogP contribution in [0.1, 0.15) is 50.7 Å². The number of ether oxygens (including phenoxy) is 1. The number of nitrogens with zero attached hydrogens (tertiary/aromatic N) is 2. The van der Waals surface area contributed by atoms with Crippen LogP contribution in [0, 0.1) is 16.7 Å². The van der Waals surface area contributed by atoms with Gasteiger partial charge in [-0.25, -0.2) is 5.01 Å². The Kier molecular flexibility index (Phi) is 6.16. The van der Waals surface area contributed by atoms with Gasteiger partial charge in [-0.1, -0.05) is 56.3 Å². The molecule has 1 amide bonds. The average molecular weight is 457 g/mol. The van der Waals surface area contributed by atoms with Gasteiger partial charge in [-0.2, -0.15) is 5.26 Å². The van der Waals surface area contributed by atoms with Crippen LogP contribution in [0.3, 0.4) is 0 Å². The van der Waals surface area contributed by atoms with E-state index in [0.29, 0.717) is 36.5 Å². The summed E-state index contributed by atoms with van der Waals surface area (Å²) in [6.45, 7) is 5.78. The minimum absolute atomic E-state index is 0.0533. The first-order valence-electron chi connectivity index (χ1n) is 11.2. The van der Waals surface area contributed by atoms with Gasteiger partial charge in [-0.15, -0.1) is 0 Å². The van der Waals surface area contributed by atoms with Gasteiger partial charge in [0.15, 0.2) is 5.78 Å². The van der Waals surface area contributed by atoms with E-state index >= 15 is 0 Å². The third-order valence-corrected chi connectivity index (χ3v) is 6.09. The molecule has 2 aromatic rings. The highest BCUT2D eigenvalue weighted by Crippen LogP contribution is 2.48. The molecule has 7 nitrogen and oxygen atoms in total. The molecule has 1 aliphatic carbocycles. The molecule has 0 spiro atoms. The molecule has 1 unspecified atom stereocenters. The van der Waals surface area contributed by atoms with Crippen molar-refractivity contribution in [1.82, 2.24) is 10.4 Å². The Morgan fingerprint density at radius 3 is 2.62 bits per heavy atom. The third-order valence-electron chi connectivity index (χ3n) is 6.09. The minimum Gasteiger partial charge on any atom is -0.489 e. The molecule has 34 heavy (non-hydrogen) atoms. The van der Waals surface area contributed by atoms with E-state index in [1.54, 1.807) is 0 Å². The van der Waals surface area contributed by atoms with Crippen LogP contribution in [0.15, 0.2) is 77.3 Å². The summed E-state index contributed by atoms with van der Waals surface area (Å²) in [5.41, 5.74) is 11.9. The number of carbonyl (C=O) groups is 2. The van der Waals surface area contributed by atoms with E-state index < -0.39 is 5.92 Å². The number of carbonyl (C=O) groups excluding carboxylic acids is 2. The van der Waals surface area contributed by atoms with E-state index in [9.17, 15) is 14.9 Å². The first-order valence-corrected chi connectivity index (χ1v) is 11.2. The van der Waals surface area contributed by atoms with Crippen molar-refractivity contribution in [3.8, 4) is 11.8 Å². The van der Waals surface area contributed by atoms with Crippen LogP contribution in [0.2, 0.25) is 0 Å². The van der Waals surface area contributed by atoms with Crippen LogP contribution in [-0.2, 0) is 16.2 Å². The zero-order valence-corrected chi connectivity index (χ0v) is 19.6. The standard InChI is InChI=1S/C27H28N4O3/c1-17(32)30-31-22-13-27(2,3)14-23(33)25(22)24(21(15-28)26(31)29)19-10-7-11-20(12-19)34-16-18-8-5-4-6-9-18/h4-12,24H,13-14,16,29H2,1-3H3,(H,30,32). The second-order valence-electron chi connectivity index (χ2n) is 9.50. The summed E-state index contributed by atoms with van der Waals surface area (Å²) in [4.78, 5) is 25.3. The molecule has 0 fully saturated rings. The van der Waals surface area contributed by atoms with Gasteiger partial charge in [0.2, 0.25) is 5.91 Å². The lowest BCUT2D eigenvalue weighted by Crippen LogP contribution is -2.49. The first-order chi connectivity index (χ1) is 16.2. The van der Waals surface area contributed by atoms with Gasteiger partial charge >= 0.3 is 0 Å². The molecule has 174 valence electrons. The van der Waals surface area contributed by atoms with Crippen molar-refractivity contribution in [2.24, 2.45) is 11.1 Å². The predicted molar refractivity (Wildman–Crippen MR) is 127 cm³/mol. The summed E-state index contributed by atoms with van der Waals surface area (Å²) in [6, 6.07) is 19.4. The molecule has 2 aromatic carbocycles. The van der Waals surface area contributed by atoms with E-state index in [1.807, 2.05) is 68.4 Å². The number of hydrogen-bond acceptors (Lipinski definition) is 6. The molecule has 0 aromatic heterocycles. The van der Waals surface area contributed by atoms with Gasteiger partial charge in [-0.05, 0) is 35.1 Å². The largest absolute Gasteiger partial charge is 0.489 e. The molecule has 1 atom stereocenters. The van der Waals surface area contributed by atoms with E-state index in [-0.39, 0.29) is 28.5 Å². The Hall–Kier alpha value is -4.05. The molecule has 7 heteroatoms. The SMILES string of the molecule is CC(=O)NN1C(N)=C(C#N)C(c2cccc(OCc3ccccc3)c2)C2=C1CC(C)(C)CC2=O. The molecule has 0 radical (unpaired) electrons. The van der Waals surface area contributed by atoms with Gasteiger partial charge in [0.25, 0.3) is 0 Å². The highest BCUT2D eigenvalue weighted by atomic mass is 16.5. The highest BCUT2D eigenvalue weighted by Gasteiger charge is 2.44.